The lowest BCUT2D eigenvalue weighted by atomic mass is 9.80. The molecular weight excluding hydrogens is 200 g/mol. The molecule has 0 aromatic rings. The summed E-state index contributed by atoms with van der Waals surface area (Å²) >= 11 is 0. The summed E-state index contributed by atoms with van der Waals surface area (Å²) in [5.41, 5.74) is 5.80. The number of rotatable bonds is 4. The van der Waals surface area contributed by atoms with Gasteiger partial charge in [0.05, 0.1) is 6.04 Å². The summed E-state index contributed by atoms with van der Waals surface area (Å²) in [7, 11) is 0. The van der Waals surface area contributed by atoms with Crippen molar-refractivity contribution in [2.75, 3.05) is 6.54 Å². The van der Waals surface area contributed by atoms with E-state index in [1.165, 1.54) is 25.7 Å². The third-order valence-corrected chi connectivity index (χ3v) is 3.85. The third-order valence-electron chi connectivity index (χ3n) is 3.85. The summed E-state index contributed by atoms with van der Waals surface area (Å²) in [4.78, 5) is 11.7. The minimum atomic E-state index is -0.362. The lowest BCUT2D eigenvalue weighted by molar-refractivity contribution is -0.123. The van der Waals surface area contributed by atoms with Crippen molar-refractivity contribution in [3.05, 3.63) is 0 Å². The van der Waals surface area contributed by atoms with E-state index in [1.54, 1.807) is 0 Å². The van der Waals surface area contributed by atoms with Crippen molar-refractivity contribution >= 4 is 5.91 Å². The van der Waals surface area contributed by atoms with Gasteiger partial charge in [-0.15, -0.1) is 0 Å². The molecule has 16 heavy (non-hydrogen) atoms. The van der Waals surface area contributed by atoms with Crippen LogP contribution < -0.4 is 11.1 Å². The summed E-state index contributed by atoms with van der Waals surface area (Å²) in [6, 6.07) is -0.362. The molecule has 0 aromatic heterocycles. The molecule has 0 bridgehead atoms. The maximum absolute atomic E-state index is 11.7. The van der Waals surface area contributed by atoms with E-state index in [4.69, 9.17) is 5.73 Å². The van der Waals surface area contributed by atoms with Gasteiger partial charge in [0.15, 0.2) is 0 Å². The highest BCUT2D eigenvalue weighted by atomic mass is 16.2. The molecule has 3 atom stereocenters. The zero-order chi connectivity index (χ0) is 12.1. The first kappa shape index (κ1) is 13.5. The number of nitrogens with one attached hydrogen (secondary N) is 1. The molecule has 3 nitrogen and oxygen atoms in total. The van der Waals surface area contributed by atoms with Crippen LogP contribution in [0.25, 0.3) is 0 Å². The number of hydrogen-bond donors (Lipinski definition) is 2. The topological polar surface area (TPSA) is 55.1 Å². The molecule has 0 aliphatic heterocycles. The Kier molecular flexibility index (Phi) is 5.26. The van der Waals surface area contributed by atoms with Gasteiger partial charge < -0.3 is 11.1 Å². The highest BCUT2D eigenvalue weighted by Gasteiger charge is 2.23. The van der Waals surface area contributed by atoms with Gasteiger partial charge in [0.2, 0.25) is 5.91 Å². The van der Waals surface area contributed by atoms with E-state index >= 15 is 0 Å². The highest BCUT2D eigenvalue weighted by molar-refractivity contribution is 5.81. The molecule has 0 heterocycles. The summed E-state index contributed by atoms with van der Waals surface area (Å²) < 4.78 is 0. The lowest BCUT2D eigenvalue weighted by Crippen LogP contribution is -2.46. The first-order chi connectivity index (χ1) is 7.52. The first-order valence-corrected chi connectivity index (χ1v) is 6.55. The Bertz CT molecular complexity index is 228. The number of nitrogens with two attached hydrogens (primary N) is 1. The Labute approximate surface area is 99.2 Å². The second kappa shape index (κ2) is 6.24. The van der Waals surface area contributed by atoms with Crippen LogP contribution in [-0.2, 0) is 4.79 Å². The zero-order valence-corrected chi connectivity index (χ0v) is 10.8. The fourth-order valence-electron chi connectivity index (χ4n) is 2.35. The van der Waals surface area contributed by atoms with Gasteiger partial charge in [-0.25, -0.2) is 0 Å². The van der Waals surface area contributed by atoms with Gasteiger partial charge in [0.25, 0.3) is 0 Å². The van der Waals surface area contributed by atoms with Gasteiger partial charge in [-0.2, -0.15) is 0 Å². The summed E-state index contributed by atoms with van der Waals surface area (Å²) in [6.07, 6.45) is 5.20. The van der Waals surface area contributed by atoms with Crippen LogP contribution in [0.2, 0.25) is 0 Å². The second-order valence-electron chi connectivity index (χ2n) is 5.54. The minimum Gasteiger partial charge on any atom is -0.354 e. The molecule has 0 radical (unpaired) electrons. The molecule has 1 saturated carbocycles. The van der Waals surface area contributed by atoms with Crippen molar-refractivity contribution in [1.29, 1.82) is 0 Å². The van der Waals surface area contributed by atoms with Crippen LogP contribution >= 0.6 is 0 Å². The molecule has 1 aliphatic carbocycles. The van der Waals surface area contributed by atoms with E-state index in [9.17, 15) is 4.79 Å². The minimum absolute atomic E-state index is 0.00720. The van der Waals surface area contributed by atoms with E-state index < -0.39 is 0 Å². The molecule has 94 valence electrons. The van der Waals surface area contributed by atoms with E-state index in [-0.39, 0.29) is 17.9 Å². The van der Waals surface area contributed by atoms with Crippen LogP contribution in [0.15, 0.2) is 0 Å². The fourth-order valence-corrected chi connectivity index (χ4v) is 2.35. The van der Waals surface area contributed by atoms with E-state index in [0.717, 1.165) is 12.5 Å². The zero-order valence-electron chi connectivity index (χ0n) is 10.8. The molecule has 3 heteroatoms. The van der Waals surface area contributed by atoms with Crippen molar-refractivity contribution in [2.24, 2.45) is 23.5 Å². The SMILES string of the molecule is CC(C)C(N)C(=O)NCC1CCCCC1C. The molecule has 0 saturated heterocycles. The molecule has 1 rings (SSSR count). The maximum Gasteiger partial charge on any atom is 0.237 e. The predicted molar refractivity (Wildman–Crippen MR) is 66.9 cm³/mol. The maximum atomic E-state index is 11.7. The van der Waals surface area contributed by atoms with Gasteiger partial charge in [0.1, 0.15) is 0 Å². The molecule has 1 aliphatic rings. The van der Waals surface area contributed by atoms with E-state index in [2.05, 4.69) is 12.2 Å². The normalized spacial score (nSPS) is 27.8. The number of carbonyl (C=O) groups excluding carboxylic acids is 1. The molecule has 0 aromatic carbocycles. The summed E-state index contributed by atoms with van der Waals surface area (Å²) in [5, 5.41) is 3.00. The number of amides is 1. The van der Waals surface area contributed by atoms with Crippen LogP contribution in [0.4, 0.5) is 0 Å². The highest BCUT2D eigenvalue weighted by Crippen LogP contribution is 2.28. The van der Waals surface area contributed by atoms with Gasteiger partial charge in [-0.3, -0.25) is 4.79 Å². The van der Waals surface area contributed by atoms with Crippen LogP contribution in [0.3, 0.4) is 0 Å². The molecular formula is C13H26N2O. The standard InChI is InChI=1S/C13H26N2O/c1-9(2)12(14)13(16)15-8-11-7-5-4-6-10(11)3/h9-12H,4-8,14H2,1-3H3,(H,15,16). The van der Waals surface area contributed by atoms with Crippen LogP contribution in [0.5, 0.6) is 0 Å². The van der Waals surface area contributed by atoms with Gasteiger partial charge in [-0.05, 0) is 24.2 Å². The van der Waals surface area contributed by atoms with Crippen molar-refractivity contribution in [3.8, 4) is 0 Å². The third kappa shape index (κ3) is 3.78. The summed E-state index contributed by atoms with van der Waals surface area (Å²) in [5.74, 6) is 1.61. The van der Waals surface area contributed by atoms with Gasteiger partial charge in [0, 0.05) is 6.54 Å². The second-order valence-corrected chi connectivity index (χ2v) is 5.54. The Morgan fingerprint density at radius 3 is 2.56 bits per heavy atom. The Morgan fingerprint density at radius 1 is 1.38 bits per heavy atom. The van der Waals surface area contributed by atoms with Crippen molar-refractivity contribution in [3.63, 3.8) is 0 Å². The molecule has 0 spiro atoms. The molecule has 3 N–H and O–H groups in total. The van der Waals surface area contributed by atoms with Crippen molar-refractivity contribution in [1.82, 2.24) is 5.32 Å². The average molecular weight is 226 g/mol. The average Bonchev–Trinajstić information content (AvgIpc) is 2.26. The molecule has 1 fully saturated rings. The first-order valence-electron chi connectivity index (χ1n) is 6.55. The fraction of sp³-hybridized carbons (Fsp3) is 0.923. The Balaban J connectivity index is 2.30. The van der Waals surface area contributed by atoms with Gasteiger partial charge in [-0.1, -0.05) is 40.0 Å². The van der Waals surface area contributed by atoms with Crippen LogP contribution in [0.1, 0.15) is 46.5 Å². The van der Waals surface area contributed by atoms with E-state index in [0.29, 0.717) is 5.92 Å². The van der Waals surface area contributed by atoms with Crippen molar-refractivity contribution < 1.29 is 4.79 Å². The summed E-state index contributed by atoms with van der Waals surface area (Å²) in [6.45, 7) is 7.06. The number of hydrogen-bond acceptors (Lipinski definition) is 2. The van der Waals surface area contributed by atoms with Crippen LogP contribution in [-0.4, -0.2) is 18.5 Å². The number of carbonyl (C=O) groups is 1. The van der Waals surface area contributed by atoms with Crippen LogP contribution in [0, 0.1) is 17.8 Å². The Hall–Kier alpha value is -0.570. The van der Waals surface area contributed by atoms with E-state index in [1.807, 2.05) is 13.8 Å². The smallest absolute Gasteiger partial charge is 0.237 e. The molecule has 1 amide bonds. The van der Waals surface area contributed by atoms with Gasteiger partial charge >= 0.3 is 0 Å². The quantitative estimate of drug-likeness (QED) is 0.769. The largest absolute Gasteiger partial charge is 0.354 e. The Morgan fingerprint density at radius 2 is 2.00 bits per heavy atom. The lowest BCUT2D eigenvalue weighted by Gasteiger charge is -2.29. The van der Waals surface area contributed by atoms with Crippen molar-refractivity contribution in [2.45, 2.75) is 52.5 Å². The monoisotopic (exact) mass is 226 g/mol. The molecule has 3 unspecified atom stereocenters. The predicted octanol–water partition coefficient (Wildman–Crippen LogP) is 1.91.